The molecule has 1 unspecified atom stereocenters. The molecular weight excluding hydrogens is 428 g/mol. The quantitative estimate of drug-likeness (QED) is 0.590. The molecule has 0 aliphatic carbocycles. The molecule has 3 aromatic rings. The molecule has 1 aromatic heterocycles. The number of aryl methyl sites for hydroxylation is 1. The van der Waals surface area contributed by atoms with Crippen LogP contribution in [-0.4, -0.2) is 42.8 Å². The normalized spacial score (nSPS) is 15.7. The van der Waals surface area contributed by atoms with E-state index in [2.05, 4.69) is 15.5 Å². The largest absolute Gasteiger partial charge is 0.497 e. The molecule has 0 radical (unpaired) electrons. The Bertz CT molecular complexity index is 1130. The molecule has 2 heterocycles. The number of amides is 2. The van der Waals surface area contributed by atoms with Gasteiger partial charge in [0.25, 0.3) is 0 Å². The van der Waals surface area contributed by atoms with Crippen molar-refractivity contribution < 1.29 is 19.1 Å². The zero-order valence-corrected chi connectivity index (χ0v) is 18.9. The molecule has 1 aliphatic heterocycles. The Kier molecular flexibility index (Phi) is 6.36. The molecule has 1 fully saturated rings. The lowest BCUT2D eigenvalue weighted by Crippen LogP contribution is -2.28. The second-order valence-corrected chi connectivity index (χ2v) is 8.66. The van der Waals surface area contributed by atoms with Gasteiger partial charge in [-0.25, -0.2) is 0 Å². The van der Waals surface area contributed by atoms with Crippen molar-refractivity contribution in [1.29, 1.82) is 0 Å². The molecule has 1 saturated heterocycles. The summed E-state index contributed by atoms with van der Waals surface area (Å²) in [7, 11) is 3.20. The van der Waals surface area contributed by atoms with E-state index in [1.54, 1.807) is 19.1 Å². The molecular formula is C23H24N4O4S. The summed E-state index contributed by atoms with van der Waals surface area (Å²) in [5, 5.41) is 12.3. The van der Waals surface area contributed by atoms with Crippen molar-refractivity contribution in [3.8, 4) is 11.5 Å². The van der Waals surface area contributed by atoms with Gasteiger partial charge in [0, 0.05) is 19.4 Å². The van der Waals surface area contributed by atoms with Crippen molar-refractivity contribution in [1.82, 2.24) is 10.2 Å². The van der Waals surface area contributed by atoms with Crippen molar-refractivity contribution in [2.24, 2.45) is 5.92 Å². The van der Waals surface area contributed by atoms with Crippen LogP contribution in [0.3, 0.4) is 0 Å². The topological polar surface area (TPSA) is 93.7 Å². The number of rotatable bonds is 7. The molecule has 166 valence electrons. The predicted octanol–water partition coefficient (Wildman–Crippen LogP) is 3.45. The number of aromatic nitrogens is 2. The Balaban J connectivity index is 1.39. The number of hydrogen-bond donors (Lipinski definition) is 1. The van der Waals surface area contributed by atoms with Crippen LogP contribution in [-0.2, 0) is 16.0 Å². The summed E-state index contributed by atoms with van der Waals surface area (Å²) >= 11 is 1.33. The van der Waals surface area contributed by atoms with Crippen LogP contribution >= 0.6 is 11.3 Å². The van der Waals surface area contributed by atoms with Crippen molar-refractivity contribution in [2.75, 3.05) is 31.0 Å². The Morgan fingerprint density at radius 2 is 1.94 bits per heavy atom. The van der Waals surface area contributed by atoms with Gasteiger partial charge in [0.2, 0.25) is 16.9 Å². The Hall–Kier alpha value is -3.46. The van der Waals surface area contributed by atoms with Gasteiger partial charge in [-0.05, 0) is 42.3 Å². The van der Waals surface area contributed by atoms with Crippen LogP contribution in [0.2, 0.25) is 0 Å². The molecule has 1 N–H and O–H groups in total. The molecule has 9 heteroatoms. The second-order valence-electron chi connectivity index (χ2n) is 7.60. The maximum absolute atomic E-state index is 12.8. The van der Waals surface area contributed by atoms with Crippen LogP contribution in [0.25, 0.3) is 0 Å². The smallest absolute Gasteiger partial charge is 0.231 e. The highest BCUT2D eigenvalue weighted by Gasteiger charge is 2.36. The van der Waals surface area contributed by atoms with E-state index in [0.717, 1.165) is 21.9 Å². The Morgan fingerprint density at radius 3 is 2.66 bits per heavy atom. The molecule has 1 aliphatic rings. The summed E-state index contributed by atoms with van der Waals surface area (Å²) in [6.07, 6.45) is 0.751. The lowest BCUT2D eigenvalue weighted by atomic mass is 10.1. The summed E-state index contributed by atoms with van der Waals surface area (Å²) in [5.41, 5.74) is 2.77. The van der Waals surface area contributed by atoms with Gasteiger partial charge < -0.3 is 19.7 Å². The van der Waals surface area contributed by atoms with E-state index in [-0.39, 0.29) is 18.2 Å². The van der Waals surface area contributed by atoms with Gasteiger partial charge in [-0.3, -0.25) is 9.59 Å². The number of nitrogens with one attached hydrogen (secondary N) is 1. The molecule has 2 amide bonds. The van der Waals surface area contributed by atoms with E-state index in [0.29, 0.717) is 29.5 Å². The molecule has 4 rings (SSSR count). The summed E-state index contributed by atoms with van der Waals surface area (Å²) < 4.78 is 10.6. The second kappa shape index (κ2) is 9.35. The van der Waals surface area contributed by atoms with Crippen molar-refractivity contribution in [3.63, 3.8) is 0 Å². The fraction of sp³-hybridized carbons (Fsp3) is 0.304. The van der Waals surface area contributed by atoms with E-state index in [9.17, 15) is 9.59 Å². The highest BCUT2D eigenvalue weighted by atomic mass is 32.1. The first kappa shape index (κ1) is 21.8. The molecule has 8 nitrogen and oxygen atoms in total. The summed E-state index contributed by atoms with van der Waals surface area (Å²) in [6, 6.07) is 13.4. The van der Waals surface area contributed by atoms with Gasteiger partial charge in [0.1, 0.15) is 16.5 Å². The Morgan fingerprint density at radius 1 is 1.16 bits per heavy atom. The zero-order valence-electron chi connectivity index (χ0n) is 18.1. The maximum atomic E-state index is 12.8. The molecule has 32 heavy (non-hydrogen) atoms. The van der Waals surface area contributed by atoms with E-state index in [1.165, 1.54) is 11.3 Å². The van der Waals surface area contributed by atoms with E-state index < -0.39 is 5.92 Å². The first-order valence-electron chi connectivity index (χ1n) is 10.2. The van der Waals surface area contributed by atoms with Crippen LogP contribution in [0.15, 0.2) is 42.5 Å². The number of carbonyl (C=O) groups excluding carboxylic acids is 2. The van der Waals surface area contributed by atoms with Gasteiger partial charge in [-0.2, -0.15) is 0 Å². The lowest BCUT2D eigenvalue weighted by Gasteiger charge is -2.20. The van der Waals surface area contributed by atoms with Crippen molar-refractivity contribution >= 4 is 34.0 Å². The minimum atomic E-state index is -0.471. The standard InChI is InChI=1S/C23H24N4O4S/c1-14-4-9-19(31-3)18(10-14)27-13-16(12-21(27)28)22(29)24-23-26-25-20(32-23)11-15-5-7-17(30-2)8-6-15/h4-10,16H,11-13H2,1-3H3,(H,24,26,29). The van der Waals surface area contributed by atoms with Gasteiger partial charge in [0.05, 0.1) is 25.8 Å². The average molecular weight is 453 g/mol. The van der Waals surface area contributed by atoms with Crippen LogP contribution in [0.1, 0.15) is 22.6 Å². The highest BCUT2D eigenvalue weighted by Crippen LogP contribution is 2.34. The summed E-state index contributed by atoms with van der Waals surface area (Å²) in [5.74, 6) is 0.590. The van der Waals surface area contributed by atoms with Crippen LogP contribution in [0.5, 0.6) is 11.5 Å². The summed E-state index contributed by atoms with van der Waals surface area (Å²) in [6.45, 7) is 2.24. The van der Waals surface area contributed by atoms with E-state index in [4.69, 9.17) is 9.47 Å². The number of nitrogens with zero attached hydrogens (tertiary/aromatic N) is 3. The molecule has 0 saturated carbocycles. The van der Waals surface area contributed by atoms with Gasteiger partial charge in [-0.15, -0.1) is 10.2 Å². The van der Waals surface area contributed by atoms with Crippen LogP contribution in [0, 0.1) is 12.8 Å². The molecule has 2 aromatic carbocycles. The number of carbonyl (C=O) groups is 2. The predicted molar refractivity (Wildman–Crippen MR) is 123 cm³/mol. The lowest BCUT2D eigenvalue weighted by molar-refractivity contribution is -0.122. The third kappa shape index (κ3) is 4.72. The van der Waals surface area contributed by atoms with Crippen LogP contribution < -0.4 is 19.7 Å². The summed E-state index contributed by atoms with van der Waals surface area (Å²) in [4.78, 5) is 27.0. The fourth-order valence-electron chi connectivity index (χ4n) is 3.63. The van der Waals surface area contributed by atoms with Gasteiger partial charge >= 0.3 is 0 Å². The third-order valence-corrected chi connectivity index (χ3v) is 6.17. The average Bonchev–Trinajstić information content (AvgIpc) is 3.40. The monoisotopic (exact) mass is 452 g/mol. The number of ether oxygens (including phenoxy) is 2. The maximum Gasteiger partial charge on any atom is 0.231 e. The first-order chi connectivity index (χ1) is 15.5. The Labute approximate surface area is 190 Å². The third-order valence-electron chi connectivity index (χ3n) is 5.33. The van der Waals surface area contributed by atoms with Gasteiger partial charge in [0.15, 0.2) is 0 Å². The minimum absolute atomic E-state index is 0.105. The number of anilines is 2. The minimum Gasteiger partial charge on any atom is -0.497 e. The fourth-order valence-corrected chi connectivity index (χ4v) is 4.40. The highest BCUT2D eigenvalue weighted by molar-refractivity contribution is 7.15. The first-order valence-corrected chi connectivity index (χ1v) is 11.0. The van der Waals surface area contributed by atoms with E-state index in [1.807, 2.05) is 49.4 Å². The molecule has 1 atom stereocenters. The zero-order chi connectivity index (χ0) is 22.7. The van der Waals surface area contributed by atoms with Crippen molar-refractivity contribution in [2.45, 2.75) is 19.8 Å². The number of benzene rings is 2. The number of methoxy groups -OCH3 is 2. The van der Waals surface area contributed by atoms with E-state index >= 15 is 0 Å². The number of hydrogen-bond acceptors (Lipinski definition) is 7. The SMILES string of the molecule is COc1ccc(Cc2nnc(NC(=O)C3CC(=O)N(c4cc(C)ccc4OC)C3)s2)cc1. The van der Waals surface area contributed by atoms with Crippen LogP contribution in [0.4, 0.5) is 10.8 Å². The molecule has 0 spiro atoms. The van der Waals surface area contributed by atoms with Crippen molar-refractivity contribution in [3.05, 3.63) is 58.6 Å². The molecule has 0 bridgehead atoms. The van der Waals surface area contributed by atoms with Gasteiger partial charge in [-0.1, -0.05) is 29.5 Å².